The van der Waals surface area contributed by atoms with Crippen LogP contribution in [0.4, 0.5) is 11.4 Å². The van der Waals surface area contributed by atoms with Crippen LogP contribution in [0.3, 0.4) is 0 Å². The van der Waals surface area contributed by atoms with Crippen molar-refractivity contribution >= 4 is 34.5 Å². The van der Waals surface area contributed by atoms with Crippen molar-refractivity contribution in [2.75, 3.05) is 24.4 Å². The van der Waals surface area contributed by atoms with E-state index in [1.807, 2.05) is 30.5 Å². The zero-order valence-corrected chi connectivity index (χ0v) is 13.8. The number of hydrogen-bond acceptors (Lipinski definition) is 4. The highest BCUT2D eigenvalue weighted by Crippen LogP contribution is 2.42. The van der Waals surface area contributed by atoms with E-state index in [4.69, 9.17) is 4.74 Å². The lowest BCUT2D eigenvalue weighted by Crippen LogP contribution is -2.25. The fourth-order valence-electron chi connectivity index (χ4n) is 2.87. The quantitative estimate of drug-likeness (QED) is 0.905. The summed E-state index contributed by atoms with van der Waals surface area (Å²) < 4.78 is 4.83. The number of amides is 2. The number of carbonyl (C=O) groups excluding carboxylic acids is 2. The highest BCUT2D eigenvalue weighted by atomic mass is 32.1. The number of nitrogens with one attached hydrogen (secondary N) is 2. The molecule has 0 aliphatic carbocycles. The Balaban J connectivity index is 1.98. The van der Waals surface area contributed by atoms with Gasteiger partial charge in [0.15, 0.2) is 0 Å². The summed E-state index contributed by atoms with van der Waals surface area (Å²) in [4.78, 5) is 25.0. The SMILES string of the molecule is COCC(=O)Nc1ccc2c(c1C)NC(=O)CC2c1cccs1. The molecule has 1 unspecified atom stereocenters. The molecule has 0 spiro atoms. The van der Waals surface area contributed by atoms with Gasteiger partial charge >= 0.3 is 0 Å². The Kier molecular flexibility index (Phi) is 4.45. The van der Waals surface area contributed by atoms with Gasteiger partial charge in [-0.15, -0.1) is 11.3 Å². The first-order valence-corrected chi connectivity index (χ1v) is 8.23. The van der Waals surface area contributed by atoms with E-state index in [0.29, 0.717) is 12.1 Å². The number of anilines is 2. The number of benzene rings is 1. The Hall–Kier alpha value is -2.18. The number of carbonyl (C=O) groups is 2. The lowest BCUT2D eigenvalue weighted by atomic mass is 9.87. The molecule has 2 aromatic rings. The Labute approximate surface area is 138 Å². The zero-order valence-electron chi connectivity index (χ0n) is 13.0. The van der Waals surface area contributed by atoms with E-state index in [9.17, 15) is 9.59 Å². The molecule has 2 heterocycles. The standard InChI is InChI=1S/C17H18N2O3S/c1-10-13(18-16(21)9-22-2)6-5-11-12(14-4-3-7-23-14)8-15(20)19-17(10)11/h3-7,12H,8-9H2,1-2H3,(H,18,21)(H,19,20). The van der Waals surface area contributed by atoms with E-state index in [1.54, 1.807) is 11.3 Å². The van der Waals surface area contributed by atoms with Crippen LogP contribution in [-0.2, 0) is 14.3 Å². The van der Waals surface area contributed by atoms with Crippen LogP contribution < -0.4 is 10.6 Å². The van der Waals surface area contributed by atoms with E-state index in [1.165, 1.54) is 12.0 Å². The second kappa shape index (κ2) is 6.52. The molecule has 1 aromatic carbocycles. The molecule has 3 rings (SSSR count). The van der Waals surface area contributed by atoms with Crippen molar-refractivity contribution in [1.29, 1.82) is 0 Å². The molecule has 1 aliphatic rings. The van der Waals surface area contributed by atoms with Gasteiger partial charge in [0.1, 0.15) is 6.61 Å². The van der Waals surface area contributed by atoms with Gasteiger partial charge in [-0.1, -0.05) is 12.1 Å². The second-order valence-electron chi connectivity index (χ2n) is 5.50. The molecule has 5 nitrogen and oxygen atoms in total. The molecule has 0 saturated carbocycles. The highest BCUT2D eigenvalue weighted by molar-refractivity contribution is 7.10. The third-order valence-electron chi connectivity index (χ3n) is 3.96. The van der Waals surface area contributed by atoms with Crippen LogP contribution in [0.1, 0.15) is 28.3 Å². The van der Waals surface area contributed by atoms with Gasteiger partial charge < -0.3 is 15.4 Å². The molecule has 120 valence electrons. The van der Waals surface area contributed by atoms with E-state index < -0.39 is 0 Å². The summed E-state index contributed by atoms with van der Waals surface area (Å²) in [5.41, 5.74) is 3.45. The maximum atomic E-state index is 12.1. The average molecular weight is 330 g/mol. The van der Waals surface area contributed by atoms with Gasteiger partial charge in [0, 0.05) is 35.7 Å². The number of fused-ring (bicyclic) bond motifs is 1. The summed E-state index contributed by atoms with van der Waals surface area (Å²) in [6.07, 6.45) is 0.447. The van der Waals surface area contributed by atoms with Crippen molar-refractivity contribution in [3.63, 3.8) is 0 Å². The number of ether oxygens (including phenoxy) is 1. The maximum Gasteiger partial charge on any atom is 0.250 e. The lowest BCUT2D eigenvalue weighted by molar-refractivity contribution is -0.119. The summed E-state index contributed by atoms with van der Waals surface area (Å²) in [6, 6.07) is 7.92. The Morgan fingerprint density at radius 2 is 2.26 bits per heavy atom. The van der Waals surface area contributed by atoms with Crippen LogP contribution in [0.25, 0.3) is 0 Å². The molecular formula is C17H18N2O3S. The van der Waals surface area contributed by atoms with E-state index in [-0.39, 0.29) is 24.3 Å². The molecule has 2 amide bonds. The van der Waals surface area contributed by atoms with Crippen molar-refractivity contribution in [3.05, 3.63) is 45.6 Å². The summed E-state index contributed by atoms with van der Waals surface area (Å²) >= 11 is 1.66. The van der Waals surface area contributed by atoms with Crippen LogP contribution in [0.15, 0.2) is 29.6 Å². The molecule has 0 fully saturated rings. The zero-order chi connectivity index (χ0) is 16.4. The first-order valence-electron chi connectivity index (χ1n) is 7.35. The van der Waals surface area contributed by atoms with Crippen molar-refractivity contribution in [3.8, 4) is 0 Å². The molecular weight excluding hydrogens is 312 g/mol. The van der Waals surface area contributed by atoms with E-state index in [0.717, 1.165) is 16.8 Å². The molecule has 6 heteroatoms. The first kappa shape index (κ1) is 15.7. The minimum Gasteiger partial charge on any atom is -0.375 e. The number of rotatable bonds is 4. The second-order valence-corrected chi connectivity index (χ2v) is 6.48. The molecule has 1 atom stereocenters. The van der Waals surface area contributed by atoms with Crippen molar-refractivity contribution in [2.24, 2.45) is 0 Å². The molecule has 2 N–H and O–H groups in total. The molecule has 1 aliphatic heterocycles. The van der Waals surface area contributed by atoms with Gasteiger partial charge in [-0.25, -0.2) is 0 Å². The average Bonchev–Trinajstić information content (AvgIpc) is 3.04. The monoisotopic (exact) mass is 330 g/mol. The number of hydrogen-bond donors (Lipinski definition) is 2. The summed E-state index contributed by atoms with van der Waals surface area (Å²) in [6.45, 7) is 1.90. The summed E-state index contributed by atoms with van der Waals surface area (Å²) in [7, 11) is 1.48. The normalized spacial score (nSPS) is 16.6. The van der Waals surface area contributed by atoms with Crippen LogP contribution in [-0.4, -0.2) is 25.5 Å². The fraction of sp³-hybridized carbons (Fsp3) is 0.294. The smallest absolute Gasteiger partial charge is 0.250 e. The minimum absolute atomic E-state index is 0.000585. The van der Waals surface area contributed by atoms with Crippen molar-refractivity contribution in [2.45, 2.75) is 19.3 Å². The van der Waals surface area contributed by atoms with Crippen molar-refractivity contribution in [1.82, 2.24) is 0 Å². The predicted octanol–water partition coefficient (Wildman–Crippen LogP) is 3.12. The van der Waals surface area contributed by atoms with Crippen LogP contribution in [0.5, 0.6) is 0 Å². The number of thiophene rings is 1. The van der Waals surface area contributed by atoms with Crippen LogP contribution in [0.2, 0.25) is 0 Å². The topological polar surface area (TPSA) is 67.4 Å². The molecule has 0 radical (unpaired) electrons. The molecule has 1 aromatic heterocycles. The van der Waals surface area contributed by atoms with Gasteiger partial charge in [0.2, 0.25) is 11.8 Å². The van der Waals surface area contributed by atoms with Gasteiger partial charge in [-0.05, 0) is 35.6 Å². The summed E-state index contributed by atoms with van der Waals surface area (Å²) in [5, 5.41) is 7.78. The molecule has 0 bridgehead atoms. The van der Waals surface area contributed by atoms with E-state index in [2.05, 4.69) is 16.7 Å². The number of methoxy groups -OCH3 is 1. The largest absolute Gasteiger partial charge is 0.375 e. The Bertz CT molecular complexity index is 741. The summed E-state index contributed by atoms with van der Waals surface area (Å²) in [5.74, 6) is -0.145. The third-order valence-corrected chi connectivity index (χ3v) is 4.95. The van der Waals surface area contributed by atoms with E-state index >= 15 is 0 Å². The first-order chi connectivity index (χ1) is 11.1. The maximum absolute atomic E-state index is 12.1. The minimum atomic E-state index is -0.215. The van der Waals surface area contributed by atoms with Crippen molar-refractivity contribution < 1.29 is 14.3 Å². The molecule has 0 saturated heterocycles. The van der Waals surface area contributed by atoms with Crippen LogP contribution in [0, 0.1) is 6.92 Å². The van der Waals surface area contributed by atoms with Crippen LogP contribution >= 0.6 is 11.3 Å². The fourth-order valence-corrected chi connectivity index (χ4v) is 3.72. The highest BCUT2D eigenvalue weighted by Gasteiger charge is 2.29. The Morgan fingerprint density at radius 1 is 1.43 bits per heavy atom. The van der Waals surface area contributed by atoms with Gasteiger partial charge in [0.05, 0.1) is 0 Å². The Morgan fingerprint density at radius 3 is 2.96 bits per heavy atom. The van der Waals surface area contributed by atoms with Gasteiger partial charge in [0.25, 0.3) is 0 Å². The lowest BCUT2D eigenvalue weighted by Gasteiger charge is -2.27. The van der Waals surface area contributed by atoms with Gasteiger partial charge in [-0.2, -0.15) is 0 Å². The van der Waals surface area contributed by atoms with Gasteiger partial charge in [-0.3, -0.25) is 9.59 Å². The third kappa shape index (κ3) is 3.13. The molecule has 23 heavy (non-hydrogen) atoms. The predicted molar refractivity (Wildman–Crippen MR) is 91.1 cm³/mol.